The zero-order valence-electron chi connectivity index (χ0n) is 17.3. The molecule has 5 nitrogen and oxygen atoms in total. The van der Waals surface area contributed by atoms with Gasteiger partial charge in [-0.1, -0.05) is 45.4 Å². The molecule has 6 heteroatoms. The van der Waals surface area contributed by atoms with Crippen LogP contribution in [0.2, 0.25) is 5.02 Å². The summed E-state index contributed by atoms with van der Waals surface area (Å²) in [6.45, 7) is 11.7. The van der Waals surface area contributed by atoms with Gasteiger partial charge >= 0.3 is 0 Å². The molecule has 148 valence electrons. The Morgan fingerprint density at radius 3 is 2.52 bits per heavy atom. The van der Waals surface area contributed by atoms with Gasteiger partial charge in [0.25, 0.3) is 0 Å². The summed E-state index contributed by atoms with van der Waals surface area (Å²) in [4.78, 5) is 11.8. The minimum atomic E-state index is 0.336. The van der Waals surface area contributed by atoms with Crippen molar-refractivity contribution >= 4 is 34.7 Å². The zero-order valence-corrected chi connectivity index (χ0v) is 18.1. The van der Waals surface area contributed by atoms with Crippen LogP contribution in [0.25, 0.3) is 0 Å². The maximum atomic E-state index is 6.15. The van der Waals surface area contributed by atoms with Gasteiger partial charge in [-0.25, -0.2) is 4.98 Å². The number of halogens is 1. The fourth-order valence-corrected chi connectivity index (χ4v) is 3.42. The predicted molar refractivity (Wildman–Crippen MR) is 118 cm³/mol. The van der Waals surface area contributed by atoms with Gasteiger partial charge in [-0.3, -0.25) is 0 Å². The number of anilines is 4. The van der Waals surface area contributed by atoms with Gasteiger partial charge in [-0.05, 0) is 43.9 Å². The summed E-state index contributed by atoms with van der Waals surface area (Å²) in [6, 6.07) is 8.02. The fraction of sp³-hybridized carbons (Fsp3) is 0.524. The number of rotatable bonds is 9. The highest BCUT2D eigenvalue weighted by Gasteiger charge is 2.18. The molecule has 1 unspecified atom stereocenters. The van der Waals surface area contributed by atoms with Gasteiger partial charge in [0.1, 0.15) is 5.69 Å². The Balaban J connectivity index is 2.44. The standard InChI is InChI=1S/C21H32ClN5/c1-7-12-27(6)19-15(5)23-21(25-18(8-2)14(3)4)26-20(19)24-17-11-9-10-16(22)13-17/h9-11,13-14,18H,7-8,12H2,1-6H3,(H2,23,24,25,26). The number of nitrogens with one attached hydrogen (secondary N) is 2. The highest BCUT2D eigenvalue weighted by atomic mass is 35.5. The van der Waals surface area contributed by atoms with Gasteiger partial charge in [0.2, 0.25) is 5.95 Å². The summed E-state index contributed by atoms with van der Waals surface area (Å²) < 4.78 is 0. The van der Waals surface area contributed by atoms with E-state index in [4.69, 9.17) is 21.6 Å². The molecule has 0 fully saturated rings. The predicted octanol–water partition coefficient (Wildman–Crippen LogP) is 5.87. The molecule has 2 rings (SSSR count). The first-order chi connectivity index (χ1) is 12.8. The topological polar surface area (TPSA) is 53.1 Å². The Morgan fingerprint density at radius 2 is 1.93 bits per heavy atom. The second kappa shape index (κ2) is 9.79. The van der Waals surface area contributed by atoms with E-state index in [2.05, 4.69) is 50.3 Å². The second-order valence-electron chi connectivity index (χ2n) is 7.29. The lowest BCUT2D eigenvalue weighted by atomic mass is 10.0. The molecule has 1 heterocycles. The van der Waals surface area contributed by atoms with Crippen LogP contribution in [0.5, 0.6) is 0 Å². The van der Waals surface area contributed by atoms with Crippen molar-refractivity contribution in [1.82, 2.24) is 9.97 Å². The quantitative estimate of drug-likeness (QED) is 0.561. The largest absolute Gasteiger partial charge is 0.370 e. The number of benzene rings is 1. The summed E-state index contributed by atoms with van der Waals surface area (Å²) in [5.41, 5.74) is 2.88. The third kappa shape index (κ3) is 5.73. The molecule has 0 saturated carbocycles. The second-order valence-corrected chi connectivity index (χ2v) is 7.73. The van der Waals surface area contributed by atoms with Crippen molar-refractivity contribution in [2.24, 2.45) is 5.92 Å². The molecule has 0 bridgehead atoms. The summed E-state index contributed by atoms with van der Waals surface area (Å²) >= 11 is 6.15. The molecule has 0 saturated heterocycles. The van der Waals surface area contributed by atoms with Gasteiger partial charge in [0, 0.05) is 30.3 Å². The number of hydrogen-bond acceptors (Lipinski definition) is 5. The minimum absolute atomic E-state index is 0.336. The highest BCUT2D eigenvalue weighted by Crippen LogP contribution is 2.31. The van der Waals surface area contributed by atoms with E-state index >= 15 is 0 Å². The Morgan fingerprint density at radius 1 is 1.19 bits per heavy atom. The molecular formula is C21H32ClN5. The minimum Gasteiger partial charge on any atom is -0.370 e. The molecule has 1 atom stereocenters. The summed E-state index contributed by atoms with van der Waals surface area (Å²) in [7, 11) is 2.08. The van der Waals surface area contributed by atoms with Crippen molar-refractivity contribution in [3.05, 3.63) is 35.0 Å². The van der Waals surface area contributed by atoms with Crippen molar-refractivity contribution in [2.75, 3.05) is 29.1 Å². The molecule has 0 radical (unpaired) electrons. The van der Waals surface area contributed by atoms with Gasteiger partial charge in [0.15, 0.2) is 5.82 Å². The van der Waals surface area contributed by atoms with Crippen LogP contribution in [0.4, 0.5) is 23.1 Å². The SMILES string of the molecule is CCCN(C)c1c(C)nc(NC(CC)C(C)C)nc1Nc1cccc(Cl)c1. The smallest absolute Gasteiger partial charge is 0.225 e. The molecule has 0 spiro atoms. The first kappa shape index (κ1) is 21.3. The van der Waals surface area contributed by atoms with E-state index in [9.17, 15) is 0 Å². The van der Waals surface area contributed by atoms with E-state index in [1.165, 1.54) is 0 Å². The van der Waals surface area contributed by atoms with Crippen molar-refractivity contribution in [3.63, 3.8) is 0 Å². The molecule has 0 amide bonds. The van der Waals surface area contributed by atoms with Crippen LogP contribution in [0.3, 0.4) is 0 Å². The third-order valence-corrected chi connectivity index (χ3v) is 4.88. The Hall–Kier alpha value is -2.01. The number of hydrogen-bond donors (Lipinski definition) is 2. The van der Waals surface area contributed by atoms with E-state index in [1.807, 2.05) is 31.2 Å². The zero-order chi connectivity index (χ0) is 20.0. The number of aromatic nitrogens is 2. The molecule has 1 aromatic heterocycles. The van der Waals surface area contributed by atoms with Gasteiger partial charge in [-0.15, -0.1) is 0 Å². The third-order valence-electron chi connectivity index (χ3n) is 4.65. The average molecular weight is 390 g/mol. The lowest BCUT2D eigenvalue weighted by Gasteiger charge is -2.26. The summed E-state index contributed by atoms with van der Waals surface area (Å²) in [5, 5.41) is 7.63. The summed E-state index contributed by atoms with van der Waals surface area (Å²) in [5.74, 6) is 1.96. The van der Waals surface area contributed by atoms with Crippen LogP contribution in [-0.4, -0.2) is 29.6 Å². The highest BCUT2D eigenvalue weighted by molar-refractivity contribution is 6.30. The van der Waals surface area contributed by atoms with Crippen molar-refractivity contribution < 1.29 is 0 Å². The lowest BCUT2D eigenvalue weighted by Crippen LogP contribution is -2.27. The van der Waals surface area contributed by atoms with Crippen LogP contribution >= 0.6 is 11.6 Å². The molecule has 27 heavy (non-hydrogen) atoms. The van der Waals surface area contributed by atoms with Gasteiger partial charge in [0.05, 0.1) is 5.69 Å². The first-order valence-corrected chi connectivity index (χ1v) is 10.1. The lowest BCUT2D eigenvalue weighted by molar-refractivity contribution is 0.508. The van der Waals surface area contributed by atoms with E-state index < -0.39 is 0 Å². The Bertz CT molecular complexity index is 747. The van der Waals surface area contributed by atoms with Crippen LogP contribution < -0.4 is 15.5 Å². The molecule has 1 aromatic carbocycles. The molecule has 2 N–H and O–H groups in total. The van der Waals surface area contributed by atoms with E-state index in [-0.39, 0.29) is 0 Å². The van der Waals surface area contributed by atoms with Crippen molar-refractivity contribution in [1.29, 1.82) is 0 Å². The fourth-order valence-electron chi connectivity index (χ4n) is 3.23. The van der Waals surface area contributed by atoms with E-state index in [0.717, 1.165) is 42.3 Å². The Labute approximate surface area is 168 Å². The van der Waals surface area contributed by atoms with Crippen molar-refractivity contribution in [3.8, 4) is 0 Å². The number of aryl methyl sites for hydroxylation is 1. The normalized spacial score (nSPS) is 12.1. The molecule has 0 aliphatic rings. The number of nitrogens with zero attached hydrogens (tertiary/aromatic N) is 3. The van der Waals surface area contributed by atoms with Crippen molar-refractivity contribution in [2.45, 2.75) is 53.5 Å². The average Bonchev–Trinajstić information content (AvgIpc) is 2.59. The van der Waals surface area contributed by atoms with Crippen LogP contribution in [0, 0.1) is 12.8 Å². The van der Waals surface area contributed by atoms with Crippen LogP contribution in [0.15, 0.2) is 24.3 Å². The van der Waals surface area contributed by atoms with E-state index in [1.54, 1.807) is 0 Å². The summed E-state index contributed by atoms with van der Waals surface area (Å²) in [6.07, 6.45) is 2.08. The van der Waals surface area contributed by atoms with Gasteiger partial charge in [-0.2, -0.15) is 4.98 Å². The van der Waals surface area contributed by atoms with Gasteiger partial charge < -0.3 is 15.5 Å². The molecule has 2 aromatic rings. The van der Waals surface area contributed by atoms with E-state index in [0.29, 0.717) is 22.9 Å². The first-order valence-electron chi connectivity index (χ1n) is 9.74. The molecular weight excluding hydrogens is 358 g/mol. The van der Waals surface area contributed by atoms with Crippen LogP contribution in [-0.2, 0) is 0 Å². The Kier molecular flexibility index (Phi) is 7.72. The molecule has 0 aliphatic heterocycles. The maximum absolute atomic E-state index is 6.15. The van der Waals surface area contributed by atoms with Crippen LogP contribution in [0.1, 0.15) is 46.2 Å². The monoisotopic (exact) mass is 389 g/mol. The maximum Gasteiger partial charge on any atom is 0.225 e. The molecule has 0 aliphatic carbocycles.